The Hall–Kier alpha value is -2.20. The van der Waals surface area contributed by atoms with Crippen molar-refractivity contribution in [1.82, 2.24) is 20.5 Å². The van der Waals surface area contributed by atoms with Crippen molar-refractivity contribution in [3.8, 4) is 0 Å². The quantitative estimate of drug-likeness (QED) is 0.750. The van der Waals surface area contributed by atoms with E-state index in [1.54, 1.807) is 6.20 Å². The average Bonchev–Trinajstić information content (AvgIpc) is 2.92. The zero-order valence-electron chi connectivity index (χ0n) is 10.9. The number of aromatic amines is 1. The van der Waals surface area contributed by atoms with Crippen molar-refractivity contribution in [2.24, 2.45) is 0 Å². The molecule has 2 N–H and O–H groups in total. The summed E-state index contributed by atoms with van der Waals surface area (Å²) in [6.45, 7) is 3.65. The minimum absolute atomic E-state index is 0.796. The fourth-order valence-corrected chi connectivity index (χ4v) is 2.11. The lowest BCUT2D eigenvalue weighted by Gasteiger charge is -2.05. The minimum Gasteiger partial charge on any atom is -0.307 e. The second-order valence-corrected chi connectivity index (χ2v) is 4.67. The van der Waals surface area contributed by atoms with Crippen LogP contribution >= 0.6 is 0 Å². The molecule has 4 heteroatoms. The molecule has 0 saturated carbocycles. The Morgan fingerprint density at radius 2 is 2.05 bits per heavy atom. The molecule has 0 fully saturated rings. The summed E-state index contributed by atoms with van der Waals surface area (Å²) in [6.07, 6.45) is 1.76. The fourth-order valence-electron chi connectivity index (χ4n) is 2.11. The molecule has 0 saturated heterocycles. The van der Waals surface area contributed by atoms with Crippen LogP contribution in [0, 0.1) is 6.92 Å². The summed E-state index contributed by atoms with van der Waals surface area (Å²) in [4.78, 5) is 4.50. The predicted octanol–water partition coefficient (Wildman–Crippen LogP) is 2.56. The van der Waals surface area contributed by atoms with Gasteiger partial charge in [-0.15, -0.1) is 0 Å². The molecule has 2 heterocycles. The zero-order chi connectivity index (χ0) is 13.1. The van der Waals surface area contributed by atoms with E-state index in [-0.39, 0.29) is 0 Å². The largest absolute Gasteiger partial charge is 0.307 e. The van der Waals surface area contributed by atoms with Crippen LogP contribution < -0.4 is 5.32 Å². The summed E-state index contributed by atoms with van der Waals surface area (Å²) in [5.74, 6) is 0. The van der Waals surface area contributed by atoms with Gasteiger partial charge in [-0.3, -0.25) is 10.1 Å². The summed E-state index contributed by atoms with van der Waals surface area (Å²) in [7, 11) is 0. The van der Waals surface area contributed by atoms with Gasteiger partial charge in [0, 0.05) is 36.1 Å². The third-order valence-corrected chi connectivity index (χ3v) is 3.10. The zero-order valence-corrected chi connectivity index (χ0v) is 10.9. The van der Waals surface area contributed by atoms with E-state index in [0.717, 1.165) is 30.0 Å². The van der Waals surface area contributed by atoms with Gasteiger partial charge in [0.1, 0.15) is 0 Å². The van der Waals surface area contributed by atoms with Gasteiger partial charge in [0.15, 0.2) is 0 Å². The van der Waals surface area contributed by atoms with Gasteiger partial charge in [-0.05, 0) is 36.8 Å². The Labute approximate surface area is 111 Å². The van der Waals surface area contributed by atoms with Crippen LogP contribution in [0.4, 0.5) is 0 Å². The number of benzene rings is 1. The van der Waals surface area contributed by atoms with Gasteiger partial charge in [-0.2, -0.15) is 5.10 Å². The molecule has 3 aromatic rings. The molecule has 0 atom stereocenters. The normalized spacial score (nSPS) is 11.0. The molecular weight excluding hydrogens is 236 g/mol. The van der Waals surface area contributed by atoms with E-state index in [2.05, 4.69) is 44.8 Å². The van der Waals surface area contributed by atoms with Gasteiger partial charge in [-0.25, -0.2) is 0 Å². The Bertz CT molecular complexity index is 674. The van der Waals surface area contributed by atoms with E-state index in [1.165, 1.54) is 10.9 Å². The molecule has 0 aliphatic carbocycles. The SMILES string of the molecule is Cc1ccc2cc(CNCc3ccn[nH]3)ccc2n1. The number of hydrogen-bond acceptors (Lipinski definition) is 3. The first-order valence-electron chi connectivity index (χ1n) is 6.36. The van der Waals surface area contributed by atoms with Gasteiger partial charge in [0.2, 0.25) is 0 Å². The maximum atomic E-state index is 4.50. The molecule has 0 bridgehead atoms. The van der Waals surface area contributed by atoms with E-state index >= 15 is 0 Å². The summed E-state index contributed by atoms with van der Waals surface area (Å²) in [5, 5.41) is 11.4. The van der Waals surface area contributed by atoms with E-state index in [0.29, 0.717) is 0 Å². The standard InChI is InChI=1S/C15H16N4/c1-11-2-4-13-8-12(3-5-15(13)18-11)9-16-10-14-6-7-17-19-14/h2-8,16H,9-10H2,1H3,(H,17,19). The monoisotopic (exact) mass is 252 g/mol. The van der Waals surface area contributed by atoms with E-state index < -0.39 is 0 Å². The van der Waals surface area contributed by atoms with E-state index in [4.69, 9.17) is 0 Å². The summed E-state index contributed by atoms with van der Waals surface area (Å²) in [5.41, 5.74) is 4.46. The van der Waals surface area contributed by atoms with E-state index in [9.17, 15) is 0 Å². The highest BCUT2D eigenvalue weighted by Crippen LogP contribution is 2.14. The maximum Gasteiger partial charge on any atom is 0.0705 e. The number of pyridine rings is 1. The van der Waals surface area contributed by atoms with Crippen LogP contribution in [-0.2, 0) is 13.1 Å². The molecule has 96 valence electrons. The van der Waals surface area contributed by atoms with Crippen LogP contribution in [0.15, 0.2) is 42.6 Å². The third kappa shape index (κ3) is 2.80. The molecule has 0 aliphatic rings. The van der Waals surface area contributed by atoms with Gasteiger partial charge in [0.05, 0.1) is 5.52 Å². The minimum atomic E-state index is 0.796. The Morgan fingerprint density at radius 1 is 1.11 bits per heavy atom. The van der Waals surface area contributed by atoms with Crippen molar-refractivity contribution in [2.75, 3.05) is 0 Å². The van der Waals surface area contributed by atoms with Crippen molar-refractivity contribution in [2.45, 2.75) is 20.0 Å². The van der Waals surface area contributed by atoms with Crippen molar-refractivity contribution >= 4 is 10.9 Å². The first-order valence-corrected chi connectivity index (χ1v) is 6.36. The highest BCUT2D eigenvalue weighted by Gasteiger charge is 1.99. The molecule has 4 nitrogen and oxygen atoms in total. The number of nitrogens with one attached hydrogen (secondary N) is 2. The topological polar surface area (TPSA) is 53.6 Å². The van der Waals surface area contributed by atoms with Crippen LogP contribution in [0.25, 0.3) is 10.9 Å². The second-order valence-electron chi connectivity index (χ2n) is 4.67. The lowest BCUT2D eigenvalue weighted by atomic mass is 10.1. The fraction of sp³-hybridized carbons (Fsp3) is 0.200. The van der Waals surface area contributed by atoms with Crippen molar-refractivity contribution in [1.29, 1.82) is 0 Å². The molecule has 0 amide bonds. The summed E-state index contributed by atoms with van der Waals surface area (Å²) in [6, 6.07) is 12.5. The number of fused-ring (bicyclic) bond motifs is 1. The molecule has 3 rings (SSSR count). The summed E-state index contributed by atoms with van der Waals surface area (Å²) >= 11 is 0. The maximum absolute atomic E-state index is 4.50. The Balaban J connectivity index is 1.69. The van der Waals surface area contributed by atoms with Crippen LogP contribution in [0.3, 0.4) is 0 Å². The number of aryl methyl sites for hydroxylation is 1. The lowest BCUT2D eigenvalue weighted by Crippen LogP contribution is -2.12. The number of aromatic nitrogens is 3. The molecular formula is C15H16N4. The molecule has 1 aromatic carbocycles. The van der Waals surface area contributed by atoms with Gasteiger partial charge >= 0.3 is 0 Å². The molecule has 0 radical (unpaired) electrons. The average molecular weight is 252 g/mol. The highest BCUT2D eigenvalue weighted by molar-refractivity contribution is 5.79. The lowest BCUT2D eigenvalue weighted by molar-refractivity contribution is 0.678. The second kappa shape index (κ2) is 5.20. The van der Waals surface area contributed by atoms with Gasteiger partial charge < -0.3 is 5.32 Å². The van der Waals surface area contributed by atoms with Crippen LogP contribution in [-0.4, -0.2) is 15.2 Å². The molecule has 0 aliphatic heterocycles. The van der Waals surface area contributed by atoms with Gasteiger partial charge in [-0.1, -0.05) is 12.1 Å². The van der Waals surface area contributed by atoms with Gasteiger partial charge in [0.25, 0.3) is 0 Å². The number of rotatable bonds is 4. The first-order chi connectivity index (χ1) is 9.31. The number of nitrogens with zero attached hydrogens (tertiary/aromatic N) is 2. The Morgan fingerprint density at radius 3 is 2.89 bits per heavy atom. The number of hydrogen-bond donors (Lipinski definition) is 2. The molecule has 0 unspecified atom stereocenters. The molecule has 19 heavy (non-hydrogen) atoms. The predicted molar refractivity (Wildman–Crippen MR) is 75.6 cm³/mol. The van der Waals surface area contributed by atoms with Crippen LogP contribution in [0.2, 0.25) is 0 Å². The van der Waals surface area contributed by atoms with Crippen LogP contribution in [0.1, 0.15) is 17.0 Å². The Kier molecular flexibility index (Phi) is 3.25. The van der Waals surface area contributed by atoms with Crippen molar-refractivity contribution < 1.29 is 0 Å². The third-order valence-electron chi connectivity index (χ3n) is 3.10. The molecule has 2 aromatic heterocycles. The van der Waals surface area contributed by atoms with Crippen LogP contribution in [0.5, 0.6) is 0 Å². The molecule has 0 spiro atoms. The smallest absolute Gasteiger partial charge is 0.0705 e. The number of H-pyrrole nitrogens is 1. The summed E-state index contributed by atoms with van der Waals surface area (Å²) < 4.78 is 0. The van der Waals surface area contributed by atoms with E-state index in [1.807, 2.05) is 19.1 Å². The van der Waals surface area contributed by atoms with Crippen molar-refractivity contribution in [3.63, 3.8) is 0 Å². The highest BCUT2D eigenvalue weighted by atomic mass is 15.1. The first kappa shape index (κ1) is 11.9. The van der Waals surface area contributed by atoms with Crippen molar-refractivity contribution in [3.05, 3.63) is 59.5 Å².